The molecule has 1 aliphatic carbocycles. The summed E-state index contributed by atoms with van der Waals surface area (Å²) in [5.74, 6) is 0. The lowest BCUT2D eigenvalue weighted by Gasteiger charge is -2.25. The van der Waals surface area contributed by atoms with E-state index in [1.807, 2.05) is 12.4 Å². The van der Waals surface area contributed by atoms with Crippen LogP contribution in [-0.4, -0.2) is 22.2 Å². The van der Waals surface area contributed by atoms with Gasteiger partial charge in [0.1, 0.15) is 0 Å². The molecule has 1 aromatic heterocycles. The summed E-state index contributed by atoms with van der Waals surface area (Å²) in [5, 5.41) is 13.7. The zero-order valence-corrected chi connectivity index (χ0v) is 11.5. The van der Waals surface area contributed by atoms with Gasteiger partial charge in [0.25, 0.3) is 0 Å². The van der Waals surface area contributed by atoms with Gasteiger partial charge in [0.2, 0.25) is 0 Å². The quantitative estimate of drug-likeness (QED) is 0.815. The van der Waals surface area contributed by atoms with E-state index in [1.54, 1.807) is 11.3 Å². The standard InChI is InChI=1S/C13H22N2OS/c1-9-13(17-8-14-9)10(2)15-11-6-4-3-5-7-12(11)16/h8,10-12,15-16H,3-7H2,1-2H3. The van der Waals surface area contributed by atoms with Gasteiger partial charge >= 0.3 is 0 Å². The summed E-state index contributed by atoms with van der Waals surface area (Å²) in [6.45, 7) is 4.21. The smallest absolute Gasteiger partial charge is 0.0798 e. The average molecular weight is 254 g/mol. The molecule has 0 amide bonds. The van der Waals surface area contributed by atoms with Gasteiger partial charge in [-0.25, -0.2) is 4.98 Å². The summed E-state index contributed by atoms with van der Waals surface area (Å²) < 4.78 is 0. The summed E-state index contributed by atoms with van der Waals surface area (Å²) in [6, 6.07) is 0.536. The van der Waals surface area contributed by atoms with Gasteiger partial charge in [-0.1, -0.05) is 19.3 Å². The summed E-state index contributed by atoms with van der Waals surface area (Å²) in [7, 11) is 0. The van der Waals surface area contributed by atoms with Crippen LogP contribution in [0.1, 0.15) is 55.6 Å². The van der Waals surface area contributed by atoms with Gasteiger partial charge in [-0.3, -0.25) is 0 Å². The fourth-order valence-corrected chi connectivity index (χ4v) is 3.43. The summed E-state index contributed by atoms with van der Waals surface area (Å²) in [4.78, 5) is 5.58. The average Bonchev–Trinajstić information content (AvgIpc) is 2.63. The number of aliphatic hydroxyl groups excluding tert-OH is 1. The van der Waals surface area contributed by atoms with Crippen LogP contribution < -0.4 is 5.32 Å². The molecule has 2 N–H and O–H groups in total. The van der Waals surface area contributed by atoms with Gasteiger partial charge in [-0.05, 0) is 26.7 Å². The fraction of sp³-hybridized carbons (Fsp3) is 0.769. The van der Waals surface area contributed by atoms with Crippen LogP contribution >= 0.6 is 11.3 Å². The molecule has 4 heteroatoms. The second-order valence-electron chi connectivity index (χ2n) is 5.00. The maximum Gasteiger partial charge on any atom is 0.0798 e. The van der Waals surface area contributed by atoms with Gasteiger partial charge in [0.15, 0.2) is 0 Å². The van der Waals surface area contributed by atoms with Crippen LogP contribution in [0.3, 0.4) is 0 Å². The first-order valence-electron chi connectivity index (χ1n) is 6.52. The van der Waals surface area contributed by atoms with E-state index in [4.69, 9.17) is 0 Å². The van der Waals surface area contributed by atoms with Crippen LogP contribution in [-0.2, 0) is 0 Å². The van der Waals surface area contributed by atoms with Crippen LogP contribution in [0.25, 0.3) is 0 Å². The molecule has 2 rings (SSSR count). The van der Waals surface area contributed by atoms with Gasteiger partial charge < -0.3 is 10.4 Å². The molecule has 0 radical (unpaired) electrons. The molecule has 1 aromatic rings. The van der Waals surface area contributed by atoms with E-state index in [-0.39, 0.29) is 12.1 Å². The molecule has 3 nitrogen and oxygen atoms in total. The second kappa shape index (κ2) is 5.94. The van der Waals surface area contributed by atoms with Crippen molar-refractivity contribution in [1.29, 1.82) is 0 Å². The Morgan fingerprint density at radius 3 is 2.88 bits per heavy atom. The van der Waals surface area contributed by atoms with E-state index in [0.29, 0.717) is 6.04 Å². The minimum absolute atomic E-state index is 0.187. The second-order valence-corrected chi connectivity index (χ2v) is 5.89. The van der Waals surface area contributed by atoms with Crippen molar-refractivity contribution in [2.45, 2.75) is 64.1 Å². The number of hydrogen-bond acceptors (Lipinski definition) is 4. The Balaban J connectivity index is 1.97. The highest BCUT2D eigenvalue weighted by molar-refractivity contribution is 7.09. The third kappa shape index (κ3) is 3.27. The van der Waals surface area contributed by atoms with Gasteiger partial charge in [0, 0.05) is 17.0 Å². The Kier molecular flexibility index (Phi) is 4.54. The lowest BCUT2D eigenvalue weighted by Crippen LogP contribution is -2.40. The normalized spacial score (nSPS) is 27.7. The van der Waals surface area contributed by atoms with Crippen molar-refractivity contribution in [1.82, 2.24) is 10.3 Å². The first-order chi connectivity index (χ1) is 8.18. The van der Waals surface area contributed by atoms with Crippen molar-refractivity contribution in [2.75, 3.05) is 0 Å². The van der Waals surface area contributed by atoms with Crippen molar-refractivity contribution < 1.29 is 5.11 Å². The van der Waals surface area contributed by atoms with Crippen LogP contribution in [0.5, 0.6) is 0 Å². The highest BCUT2D eigenvalue weighted by atomic mass is 32.1. The minimum atomic E-state index is -0.187. The van der Waals surface area contributed by atoms with Crippen molar-refractivity contribution in [3.05, 3.63) is 16.1 Å². The Labute approximate surface area is 107 Å². The fourth-order valence-electron chi connectivity index (χ4n) is 2.61. The molecular weight excluding hydrogens is 232 g/mol. The number of thiazole rings is 1. The molecule has 0 saturated heterocycles. The first-order valence-corrected chi connectivity index (χ1v) is 7.40. The molecule has 1 fully saturated rings. The Morgan fingerprint density at radius 1 is 1.41 bits per heavy atom. The molecule has 96 valence electrons. The summed E-state index contributed by atoms with van der Waals surface area (Å²) >= 11 is 1.70. The number of aliphatic hydroxyl groups is 1. The first kappa shape index (κ1) is 13.0. The predicted octanol–water partition coefficient (Wildman–Crippen LogP) is 2.80. The van der Waals surface area contributed by atoms with Crippen LogP contribution in [0.2, 0.25) is 0 Å². The third-order valence-electron chi connectivity index (χ3n) is 3.62. The molecule has 0 aromatic carbocycles. The molecule has 0 spiro atoms. The van der Waals surface area contributed by atoms with Crippen molar-refractivity contribution in [3.63, 3.8) is 0 Å². The predicted molar refractivity (Wildman–Crippen MR) is 71.3 cm³/mol. The zero-order chi connectivity index (χ0) is 12.3. The number of aryl methyl sites for hydroxylation is 1. The van der Waals surface area contributed by atoms with Crippen molar-refractivity contribution in [2.24, 2.45) is 0 Å². The number of rotatable bonds is 3. The van der Waals surface area contributed by atoms with E-state index in [0.717, 1.165) is 25.0 Å². The lowest BCUT2D eigenvalue weighted by atomic mass is 10.0. The van der Waals surface area contributed by atoms with E-state index in [9.17, 15) is 5.11 Å². The Morgan fingerprint density at radius 2 is 2.18 bits per heavy atom. The van der Waals surface area contributed by atoms with Crippen LogP contribution in [0.4, 0.5) is 0 Å². The van der Waals surface area contributed by atoms with Gasteiger partial charge in [-0.15, -0.1) is 11.3 Å². The van der Waals surface area contributed by atoms with Gasteiger partial charge in [-0.2, -0.15) is 0 Å². The Hall–Kier alpha value is -0.450. The topological polar surface area (TPSA) is 45.2 Å². The largest absolute Gasteiger partial charge is 0.392 e. The van der Waals surface area contributed by atoms with E-state index in [2.05, 4.69) is 17.2 Å². The molecular formula is C13H22N2OS. The molecule has 1 aliphatic rings. The van der Waals surface area contributed by atoms with Crippen molar-refractivity contribution in [3.8, 4) is 0 Å². The number of hydrogen-bond donors (Lipinski definition) is 2. The maximum absolute atomic E-state index is 10.1. The maximum atomic E-state index is 10.1. The molecule has 3 atom stereocenters. The third-order valence-corrected chi connectivity index (χ3v) is 4.73. The zero-order valence-electron chi connectivity index (χ0n) is 10.6. The minimum Gasteiger partial charge on any atom is -0.392 e. The molecule has 0 aliphatic heterocycles. The SMILES string of the molecule is Cc1ncsc1C(C)NC1CCCCCC1O. The molecule has 1 heterocycles. The summed E-state index contributed by atoms with van der Waals surface area (Å²) in [5.41, 5.74) is 3.00. The Bertz CT molecular complexity index is 353. The molecule has 0 bridgehead atoms. The summed E-state index contributed by atoms with van der Waals surface area (Å²) in [6.07, 6.45) is 5.47. The molecule has 3 unspecified atom stereocenters. The van der Waals surface area contributed by atoms with Gasteiger partial charge in [0.05, 0.1) is 17.3 Å². The highest BCUT2D eigenvalue weighted by Crippen LogP contribution is 2.25. The van der Waals surface area contributed by atoms with Crippen LogP contribution in [0.15, 0.2) is 5.51 Å². The number of aromatic nitrogens is 1. The lowest BCUT2D eigenvalue weighted by molar-refractivity contribution is 0.115. The highest BCUT2D eigenvalue weighted by Gasteiger charge is 2.24. The van der Waals surface area contributed by atoms with E-state index < -0.39 is 0 Å². The number of nitrogens with zero attached hydrogens (tertiary/aromatic N) is 1. The molecule has 17 heavy (non-hydrogen) atoms. The number of nitrogens with one attached hydrogen (secondary N) is 1. The monoisotopic (exact) mass is 254 g/mol. The van der Waals surface area contributed by atoms with E-state index in [1.165, 1.54) is 17.7 Å². The molecule has 1 saturated carbocycles. The van der Waals surface area contributed by atoms with E-state index >= 15 is 0 Å². The van der Waals surface area contributed by atoms with Crippen LogP contribution in [0, 0.1) is 6.92 Å². The van der Waals surface area contributed by atoms with Crippen molar-refractivity contribution >= 4 is 11.3 Å².